The Labute approximate surface area is 170 Å². The van der Waals surface area contributed by atoms with E-state index < -0.39 is 10.0 Å². The lowest BCUT2D eigenvalue weighted by atomic mass is 10.1. The van der Waals surface area contributed by atoms with E-state index in [0.717, 1.165) is 11.1 Å². The number of benzene rings is 2. The van der Waals surface area contributed by atoms with Crippen molar-refractivity contribution in [3.8, 4) is 11.5 Å². The summed E-state index contributed by atoms with van der Waals surface area (Å²) in [5.74, 6) is 1.31. The number of ether oxygens (including phenoxy) is 2. The van der Waals surface area contributed by atoms with Gasteiger partial charge >= 0.3 is 0 Å². The molecule has 2 aromatic carbocycles. The van der Waals surface area contributed by atoms with Crippen molar-refractivity contribution in [1.82, 2.24) is 4.90 Å². The van der Waals surface area contributed by atoms with Gasteiger partial charge in [-0.2, -0.15) is 0 Å². The van der Waals surface area contributed by atoms with E-state index in [0.29, 0.717) is 62.0 Å². The number of amides is 1. The largest absolute Gasteiger partial charge is 0.486 e. The Hall–Kier alpha value is -2.74. The topological polar surface area (TPSA) is 76.2 Å². The molecular formula is C21H24N2O5S. The molecule has 2 heterocycles. The van der Waals surface area contributed by atoms with Crippen LogP contribution in [0, 0.1) is 0 Å². The van der Waals surface area contributed by atoms with Gasteiger partial charge in [-0.25, -0.2) is 8.42 Å². The summed E-state index contributed by atoms with van der Waals surface area (Å²) in [6.07, 6.45) is 1.80. The maximum atomic E-state index is 13.1. The van der Waals surface area contributed by atoms with Gasteiger partial charge in [-0.3, -0.25) is 9.10 Å². The number of anilines is 1. The van der Waals surface area contributed by atoms with Crippen LogP contribution in [-0.4, -0.2) is 51.8 Å². The van der Waals surface area contributed by atoms with Gasteiger partial charge in [0.05, 0.1) is 11.9 Å². The number of sulfonamides is 1. The predicted octanol–water partition coefficient (Wildman–Crippen LogP) is 2.44. The molecule has 1 amide bonds. The summed E-state index contributed by atoms with van der Waals surface area (Å²) in [5.41, 5.74) is 3.01. The van der Waals surface area contributed by atoms with Crippen molar-refractivity contribution >= 4 is 21.6 Å². The van der Waals surface area contributed by atoms with E-state index in [1.165, 1.54) is 10.6 Å². The predicted molar refractivity (Wildman–Crippen MR) is 110 cm³/mol. The fraction of sp³-hybridized carbons (Fsp3) is 0.381. The van der Waals surface area contributed by atoms with Crippen molar-refractivity contribution in [3.05, 3.63) is 53.1 Å². The highest BCUT2D eigenvalue weighted by Crippen LogP contribution is 2.35. The van der Waals surface area contributed by atoms with Gasteiger partial charge < -0.3 is 14.4 Å². The second-order valence-corrected chi connectivity index (χ2v) is 9.10. The van der Waals surface area contributed by atoms with Crippen LogP contribution in [0.3, 0.4) is 0 Å². The number of para-hydroxylation sites is 1. The zero-order chi connectivity index (χ0) is 20.6. The van der Waals surface area contributed by atoms with Gasteiger partial charge in [0, 0.05) is 30.8 Å². The third-order valence-electron chi connectivity index (χ3n) is 5.26. The first-order chi connectivity index (χ1) is 13.9. The Kier molecular flexibility index (Phi) is 5.12. The van der Waals surface area contributed by atoms with E-state index >= 15 is 0 Å². The van der Waals surface area contributed by atoms with Gasteiger partial charge in [0.25, 0.3) is 5.91 Å². The molecule has 4 rings (SSSR count). The number of carbonyl (C=O) groups is 1. The van der Waals surface area contributed by atoms with Crippen LogP contribution in [0.25, 0.3) is 0 Å². The maximum absolute atomic E-state index is 13.1. The zero-order valence-corrected chi connectivity index (χ0v) is 17.4. The molecule has 0 saturated carbocycles. The molecule has 0 aliphatic carbocycles. The minimum absolute atomic E-state index is 0.0950. The van der Waals surface area contributed by atoms with Crippen LogP contribution < -0.4 is 13.8 Å². The first-order valence-corrected chi connectivity index (χ1v) is 11.5. The molecule has 2 aliphatic heterocycles. The molecule has 2 aromatic rings. The van der Waals surface area contributed by atoms with E-state index in [1.54, 1.807) is 17.0 Å². The molecular weight excluding hydrogens is 392 g/mol. The normalized spacial score (nSPS) is 15.2. The minimum Gasteiger partial charge on any atom is -0.486 e. The summed E-state index contributed by atoms with van der Waals surface area (Å²) in [5, 5.41) is 0. The molecule has 7 nitrogen and oxygen atoms in total. The first-order valence-electron chi connectivity index (χ1n) is 9.66. The molecule has 0 bridgehead atoms. The molecule has 29 heavy (non-hydrogen) atoms. The Bertz CT molecular complexity index is 1050. The highest BCUT2D eigenvalue weighted by molar-refractivity contribution is 7.92. The maximum Gasteiger partial charge on any atom is 0.254 e. The molecule has 0 atom stereocenters. The molecule has 0 radical (unpaired) electrons. The highest BCUT2D eigenvalue weighted by Gasteiger charge is 2.28. The third kappa shape index (κ3) is 3.76. The van der Waals surface area contributed by atoms with Crippen LogP contribution in [0.5, 0.6) is 11.5 Å². The van der Waals surface area contributed by atoms with Gasteiger partial charge in [0.2, 0.25) is 10.0 Å². The average Bonchev–Trinajstić information content (AvgIpc) is 3.15. The fourth-order valence-corrected chi connectivity index (χ4v) is 4.78. The number of rotatable bonds is 5. The molecule has 0 unspecified atom stereocenters. The van der Waals surface area contributed by atoms with Crippen molar-refractivity contribution in [3.63, 3.8) is 0 Å². The smallest absolute Gasteiger partial charge is 0.254 e. The lowest BCUT2D eigenvalue weighted by Gasteiger charge is -2.25. The van der Waals surface area contributed by atoms with Crippen LogP contribution in [-0.2, 0) is 23.0 Å². The number of hydrogen-bond donors (Lipinski definition) is 0. The van der Waals surface area contributed by atoms with Gasteiger partial charge in [-0.05, 0) is 43.2 Å². The van der Waals surface area contributed by atoms with Crippen molar-refractivity contribution in [2.24, 2.45) is 0 Å². The van der Waals surface area contributed by atoms with Crippen LogP contribution in [0.15, 0.2) is 36.4 Å². The average molecular weight is 416 g/mol. The second kappa shape index (κ2) is 7.59. The van der Waals surface area contributed by atoms with Crippen molar-refractivity contribution in [2.75, 3.05) is 36.9 Å². The monoisotopic (exact) mass is 416 g/mol. The Morgan fingerprint density at radius 3 is 2.72 bits per heavy atom. The van der Waals surface area contributed by atoms with Gasteiger partial charge in [0.1, 0.15) is 13.2 Å². The Morgan fingerprint density at radius 1 is 1.17 bits per heavy atom. The molecule has 0 saturated heterocycles. The fourth-order valence-electron chi connectivity index (χ4n) is 3.82. The summed E-state index contributed by atoms with van der Waals surface area (Å²) < 4.78 is 36.6. The van der Waals surface area contributed by atoms with E-state index in [1.807, 2.05) is 31.2 Å². The lowest BCUT2D eigenvalue weighted by molar-refractivity contribution is 0.0749. The van der Waals surface area contributed by atoms with E-state index in [-0.39, 0.29) is 5.91 Å². The Balaban J connectivity index is 1.58. The first kappa shape index (κ1) is 19.6. The summed E-state index contributed by atoms with van der Waals surface area (Å²) in [6, 6.07) is 10.9. The third-order valence-corrected chi connectivity index (χ3v) is 6.44. The molecule has 0 aromatic heterocycles. The van der Waals surface area contributed by atoms with Crippen molar-refractivity contribution in [2.45, 2.75) is 19.9 Å². The number of fused-ring (bicyclic) bond motifs is 2. The number of carbonyl (C=O) groups excluding carboxylic acids is 1. The summed E-state index contributed by atoms with van der Waals surface area (Å²) in [7, 11) is -3.31. The van der Waals surface area contributed by atoms with Crippen LogP contribution in [0.1, 0.15) is 28.4 Å². The standard InChI is InChI=1S/C21H24N2O5S/c1-3-22(14-17-5-4-6-19-20(17)28-12-11-27-19)21(24)16-7-8-18-15(13-16)9-10-23(18)29(2,25)26/h4-8,13H,3,9-12,14H2,1-2H3. The van der Waals surface area contributed by atoms with Crippen LogP contribution in [0.4, 0.5) is 5.69 Å². The van der Waals surface area contributed by atoms with E-state index in [2.05, 4.69) is 0 Å². The lowest BCUT2D eigenvalue weighted by Crippen LogP contribution is -2.31. The summed E-state index contributed by atoms with van der Waals surface area (Å²) >= 11 is 0. The molecule has 0 spiro atoms. The molecule has 154 valence electrons. The quantitative estimate of drug-likeness (QED) is 0.748. The Morgan fingerprint density at radius 2 is 1.97 bits per heavy atom. The van der Waals surface area contributed by atoms with Gasteiger partial charge in [-0.15, -0.1) is 0 Å². The minimum atomic E-state index is -3.31. The van der Waals surface area contributed by atoms with E-state index in [9.17, 15) is 13.2 Å². The number of hydrogen-bond acceptors (Lipinski definition) is 5. The van der Waals surface area contributed by atoms with Gasteiger partial charge in [0.15, 0.2) is 11.5 Å². The molecule has 0 fully saturated rings. The van der Waals surface area contributed by atoms with Gasteiger partial charge in [-0.1, -0.05) is 12.1 Å². The molecule has 2 aliphatic rings. The second-order valence-electron chi connectivity index (χ2n) is 7.19. The number of nitrogens with zero attached hydrogens (tertiary/aromatic N) is 2. The summed E-state index contributed by atoms with van der Waals surface area (Å²) in [6.45, 7) is 4.31. The van der Waals surface area contributed by atoms with E-state index in [4.69, 9.17) is 9.47 Å². The summed E-state index contributed by atoms with van der Waals surface area (Å²) in [4.78, 5) is 14.9. The zero-order valence-electron chi connectivity index (χ0n) is 16.6. The van der Waals surface area contributed by atoms with Crippen molar-refractivity contribution < 1.29 is 22.7 Å². The molecule has 8 heteroatoms. The SMILES string of the molecule is CCN(Cc1cccc2c1OCCO2)C(=O)c1ccc2c(c1)CCN2S(C)(=O)=O. The van der Waals surface area contributed by atoms with Crippen molar-refractivity contribution in [1.29, 1.82) is 0 Å². The van der Waals surface area contributed by atoms with Crippen LogP contribution >= 0.6 is 0 Å². The van der Waals surface area contributed by atoms with Crippen LogP contribution in [0.2, 0.25) is 0 Å². The molecule has 0 N–H and O–H groups in total. The highest BCUT2D eigenvalue weighted by atomic mass is 32.2.